The van der Waals surface area contributed by atoms with Crippen molar-refractivity contribution in [3.05, 3.63) is 12.2 Å². The number of nitrogens with one attached hydrogen (secondary N) is 2. The largest absolute Gasteiger partial charge is 0.377 e. The van der Waals surface area contributed by atoms with Gasteiger partial charge in [0.15, 0.2) is 5.96 Å². The van der Waals surface area contributed by atoms with Gasteiger partial charge in [-0.25, -0.2) is 0 Å². The first kappa shape index (κ1) is 16.6. The molecule has 22 heavy (non-hydrogen) atoms. The van der Waals surface area contributed by atoms with Crippen LogP contribution in [0.5, 0.6) is 0 Å². The topological polar surface area (TPSA) is 45.7 Å². The van der Waals surface area contributed by atoms with Gasteiger partial charge in [-0.2, -0.15) is 0 Å². The third-order valence-corrected chi connectivity index (χ3v) is 6.15. The Bertz CT molecular complexity index is 451. The third kappa shape index (κ3) is 2.58. The zero-order valence-electron chi connectivity index (χ0n) is 13.4. The molecular formula is C17H28IN3O. The van der Waals surface area contributed by atoms with Crippen molar-refractivity contribution in [3.63, 3.8) is 0 Å². The SMILES string of the molecule is CN=C(NC1CC=CC1)NC1C2CCOC2C12CCCC2.I. The number of aliphatic imine (C=N–C) groups is 1. The van der Waals surface area contributed by atoms with E-state index in [-0.39, 0.29) is 24.0 Å². The molecule has 0 radical (unpaired) electrons. The van der Waals surface area contributed by atoms with Gasteiger partial charge < -0.3 is 15.4 Å². The summed E-state index contributed by atoms with van der Waals surface area (Å²) in [4.78, 5) is 4.47. The molecule has 0 aromatic heterocycles. The molecular weight excluding hydrogens is 389 g/mol. The molecule has 3 aliphatic carbocycles. The fourth-order valence-corrected chi connectivity index (χ4v) is 5.15. The molecule has 124 valence electrons. The first-order chi connectivity index (χ1) is 10.3. The Labute approximate surface area is 150 Å². The number of ether oxygens (including phenoxy) is 1. The highest BCUT2D eigenvalue weighted by molar-refractivity contribution is 14.0. The molecule has 2 N–H and O–H groups in total. The fourth-order valence-electron chi connectivity index (χ4n) is 5.15. The minimum absolute atomic E-state index is 0. The summed E-state index contributed by atoms with van der Waals surface area (Å²) in [6.45, 7) is 0.952. The molecule has 3 unspecified atom stereocenters. The summed E-state index contributed by atoms with van der Waals surface area (Å²) in [5.41, 5.74) is 0.396. The van der Waals surface area contributed by atoms with Crippen LogP contribution >= 0.6 is 24.0 Å². The lowest BCUT2D eigenvalue weighted by molar-refractivity contribution is -0.125. The summed E-state index contributed by atoms with van der Waals surface area (Å²) in [6, 6.07) is 1.08. The van der Waals surface area contributed by atoms with Crippen molar-refractivity contribution >= 4 is 29.9 Å². The zero-order chi connectivity index (χ0) is 14.3. The van der Waals surface area contributed by atoms with Crippen molar-refractivity contribution in [3.8, 4) is 0 Å². The van der Waals surface area contributed by atoms with Crippen LogP contribution < -0.4 is 10.6 Å². The van der Waals surface area contributed by atoms with Gasteiger partial charge in [-0.05, 0) is 32.1 Å². The lowest BCUT2D eigenvalue weighted by atomic mass is 9.54. The van der Waals surface area contributed by atoms with E-state index in [0.717, 1.165) is 25.4 Å². The second-order valence-corrected chi connectivity index (χ2v) is 7.16. The summed E-state index contributed by atoms with van der Waals surface area (Å²) in [7, 11) is 1.89. The van der Waals surface area contributed by atoms with Gasteiger partial charge in [-0.1, -0.05) is 25.0 Å². The van der Waals surface area contributed by atoms with Gasteiger partial charge in [-0.3, -0.25) is 4.99 Å². The lowest BCUT2D eigenvalue weighted by Crippen LogP contribution is -2.69. The minimum atomic E-state index is 0. The Hall–Kier alpha value is -0.300. The Kier molecular flexibility index (Phi) is 5.02. The summed E-state index contributed by atoms with van der Waals surface area (Å²) >= 11 is 0. The van der Waals surface area contributed by atoms with E-state index in [1.165, 1.54) is 32.1 Å². The van der Waals surface area contributed by atoms with Crippen LogP contribution in [0.25, 0.3) is 0 Å². The van der Waals surface area contributed by atoms with Crippen LogP contribution in [0.15, 0.2) is 17.1 Å². The van der Waals surface area contributed by atoms with Crippen LogP contribution in [0, 0.1) is 11.3 Å². The number of rotatable bonds is 2. The predicted molar refractivity (Wildman–Crippen MR) is 99.7 cm³/mol. The number of guanidine groups is 1. The molecule has 4 aliphatic rings. The molecule has 2 saturated carbocycles. The Balaban J connectivity index is 0.00000144. The Morgan fingerprint density at radius 3 is 2.59 bits per heavy atom. The van der Waals surface area contributed by atoms with Crippen molar-refractivity contribution in [2.24, 2.45) is 16.3 Å². The highest BCUT2D eigenvalue weighted by Gasteiger charge is 2.65. The van der Waals surface area contributed by atoms with Crippen molar-refractivity contribution in [2.75, 3.05) is 13.7 Å². The third-order valence-electron chi connectivity index (χ3n) is 6.15. The van der Waals surface area contributed by atoms with Crippen LogP contribution in [0.1, 0.15) is 44.9 Å². The number of fused-ring (bicyclic) bond motifs is 2. The maximum atomic E-state index is 6.06. The van der Waals surface area contributed by atoms with E-state index in [0.29, 0.717) is 29.5 Å². The second kappa shape index (κ2) is 6.67. The quantitative estimate of drug-likeness (QED) is 0.315. The molecule has 0 amide bonds. The molecule has 1 heterocycles. The van der Waals surface area contributed by atoms with E-state index in [1.807, 2.05) is 7.05 Å². The highest BCUT2D eigenvalue weighted by Crippen LogP contribution is 2.60. The van der Waals surface area contributed by atoms with Crippen LogP contribution in [-0.4, -0.2) is 37.8 Å². The molecule has 1 spiro atoms. The Morgan fingerprint density at radius 2 is 1.91 bits per heavy atom. The predicted octanol–water partition coefficient (Wildman–Crippen LogP) is 2.84. The van der Waals surface area contributed by atoms with E-state index >= 15 is 0 Å². The zero-order valence-corrected chi connectivity index (χ0v) is 15.7. The first-order valence-corrected chi connectivity index (χ1v) is 8.60. The van der Waals surface area contributed by atoms with E-state index in [4.69, 9.17) is 4.74 Å². The number of halogens is 1. The highest BCUT2D eigenvalue weighted by atomic mass is 127. The van der Waals surface area contributed by atoms with Crippen LogP contribution in [0.2, 0.25) is 0 Å². The van der Waals surface area contributed by atoms with Gasteiger partial charge in [0, 0.05) is 37.1 Å². The van der Waals surface area contributed by atoms with Crippen molar-refractivity contribution in [1.29, 1.82) is 0 Å². The average Bonchev–Trinajstić information content (AvgIpc) is 3.21. The van der Waals surface area contributed by atoms with Gasteiger partial charge in [0.1, 0.15) is 0 Å². The first-order valence-electron chi connectivity index (χ1n) is 8.60. The smallest absolute Gasteiger partial charge is 0.191 e. The van der Waals surface area contributed by atoms with Gasteiger partial charge in [0.2, 0.25) is 0 Å². The molecule has 0 aromatic rings. The summed E-state index contributed by atoms with van der Waals surface area (Å²) < 4.78 is 6.06. The van der Waals surface area contributed by atoms with E-state index in [2.05, 4.69) is 27.8 Å². The van der Waals surface area contributed by atoms with Crippen molar-refractivity contribution < 1.29 is 4.74 Å². The van der Waals surface area contributed by atoms with E-state index < -0.39 is 0 Å². The lowest BCUT2D eigenvalue weighted by Gasteiger charge is -2.57. The number of nitrogens with zero attached hydrogens (tertiary/aromatic N) is 1. The summed E-state index contributed by atoms with van der Waals surface area (Å²) in [5.74, 6) is 1.69. The molecule has 3 atom stereocenters. The van der Waals surface area contributed by atoms with E-state index in [1.54, 1.807) is 0 Å². The summed E-state index contributed by atoms with van der Waals surface area (Å²) in [6.07, 6.45) is 13.9. The van der Waals surface area contributed by atoms with Gasteiger partial charge >= 0.3 is 0 Å². The standard InChI is InChI=1S/C17H27N3O.HI/c1-18-16(19-12-6-2-3-7-12)20-14-13-8-11-21-15(13)17(14)9-4-5-10-17;/h2-3,12-15H,4-11H2,1H3,(H2,18,19,20);1H. The van der Waals surface area contributed by atoms with Crippen molar-refractivity contribution in [2.45, 2.75) is 63.1 Å². The van der Waals surface area contributed by atoms with E-state index in [9.17, 15) is 0 Å². The molecule has 4 nitrogen and oxygen atoms in total. The molecule has 4 rings (SSSR count). The van der Waals surface area contributed by atoms with Gasteiger partial charge in [0.25, 0.3) is 0 Å². The minimum Gasteiger partial charge on any atom is -0.377 e. The fraction of sp³-hybridized carbons (Fsp3) is 0.824. The van der Waals surface area contributed by atoms with Crippen LogP contribution in [0.3, 0.4) is 0 Å². The Morgan fingerprint density at radius 1 is 1.18 bits per heavy atom. The van der Waals surface area contributed by atoms with Crippen molar-refractivity contribution in [1.82, 2.24) is 10.6 Å². The van der Waals surface area contributed by atoms with Crippen LogP contribution in [-0.2, 0) is 4.74 Å². The second-order valence-electron chi connectivity index (χ2n) is 7.16. The molecule has 0 bridgehead atoms. The maximum Gasteiger partial charge on any atom is 0.191 e. The van der Waals surface area contributed by atoms with Crippen LogP contribution in [0.4, 0.5) is 0 Å². The molecule has 0 aromatic carbocycles. The average molecular weight is 417 g/mol. The number of hydrogen-bond acceptors (Lipinski definition) is 2. The summed E-state index contributed by atoms with van der Waals surface area (Å²) in [5, 5.41) is 7.35. The molecule has 3 fully saturated rings. The molecule has 1 aliphatic heterocycles. The molecule has 1 saturated heterocycles. The number of hydrogen-bond donors (Lipinski definition) is 2. The maximum absolute atomic E-state index is 6.06. The monoisotopic (exact) mass is 417 g/mol. The normalized spacial score (nSPS) is 36.0. The molecule has 5 heteroatoms. The van der Waals surface area contributed by atoms with Gasteiger partial charge in [-0.15, -0.1) is 24.0 Å². The van der Waals surface area contributed by atoms with Gasteiger partial charge in [0.05, 0.1) is 6.10 Å².